The molecule has 3 rings (SSSR count). The Balaban J connectivity index is 1.87. The normalized spacial score (nSPS) is 15.5. The van der Waals surface area contributed by atoms with E-state index in [-0.39, 0.29) is 29.2 Å². The van der Waals surface area contributed by atoms with Crippen molar-refractivity contribution in [2.24, 2.45) is 0 Å². The number of nitrogens with one attached hydrogen (secondary N) is 1. The van der Waals surface area contributed by atoms with E-state index in [1.165, 1.54) is 16.4 Å². The number of halogens is 2. The van der Waals surface area contributed by atoms with Crippen molar-refractivity contribution in [2.45, 2.75) is 11.8 Å². The van der Waals surface area contributed by atoms with Crippen LogP contribution in [0.5, 0.6) is 0 Å². The van der Waals surface area contributed by atoms with E-state index in [0.717, 1.165) is 12.1 Å². The van der Waals surface area contributed by atoms with E-state index < -0.39 is 27.6 Å². The molecule has 0 aromatic heterocycles. The summed E-state index contributed by atoms with van der Waals surface area (Å²) in [6.45, 7) is 2.79. The van der Waals surface area contributed by atoms with E-state index in [9.17, 15) is 22.0 Å². The fourth-order valence-electron chi connectivity index (χ4n) is 2.77. The highest BCUT2D eigenvalue weighted by Crippen LogP contribution is 2.25. The van der Waals surface area contributed by atoms with Gasteiger partial charge in [-0.05, 0) is 36.8 Å². The highest BCUT2D eigenvalue weighted by molar-refractivity contribution is 7.89. The van der Waals surface area contributed by atoms with Crippen molar-refractivity contribution in [1.29, 1.82) is 0 Å². The van der Waals surface area contributed by atoms with Gasteiger partial charge in [0.25, 0.3) is 5.91 Å². The van der Waals surface area contributed by atoms with Crippen LogP contribution in [0, 0.1) is 18.6 Å². The summed E-state index contributed by atoms with van der Waals surface area (Å²) in [4.78, 5) is 12.3. The van der Waals surface area contributed by atoms with Gasteiger partial charge in [-0.1, -0.05) is 6.07 Å². The maximum Gasteiger partial charge on any atom is 0.255 e. The number of hydrogen-bond donors (Lipinski definition) is 1. The molecule has 1 aliphatic rings. The summed E-state index contributed by atoms with van der Waals surface area (Å²) in [7, 11) is -3.75. The predicted molar refractivity (Wildman–Crippen MR) is 95.1 cm³/mol. The van der Waals surface area contributed by atoms with Gasteiger partial charge in [-0.15, -0.1) is 0 Å². The molecule has 0 radical (unpaired) electrons. The van der Waals surface area contributed by atoms with Crippen molar-refractivity contribution in [3.63, 3.8) is 0 Å². The van der Waals surface area contributed by atoms with Crippen LogP contribution in [-0.2, 0) is 14.8 Å². The molecule has 6 nitrogen and oxygen atoms in total. The SMILES string of the molecule is Cc1ccc(NC(=O)c2cc(F)cc(F)c2)cc1S(=O)(=O)N1CCOCC1. The van der Waals surface area contributed by atoms with Gasteiger partial charge in [0, 0.05) is 30.4 Å². The average Bonchev–Trinajstić information content (AvgIpc) is 2.63. The first kappa shape index (κ1) is 19.4. The number of benzene rings is 2. The molecule has 1 saturated heterocycles. The lowest BCUT2D eigenvalue weighted by molar-refractivity contribution is 0.0730. The monoisotopic (exact) mass is 396 g/mol. The molecule has 0 aliphatic carbocycles. The molecule has 27 heavy (non-hydrogen) atoms. The molecule has 0 spiro atoms. The molecular weight excluding hydrogens is 378 g/mol. The second-order valence-corrected chi connectivity index (χ2v) is 8.02. The van der Waals surface area contributed by atoms with Gasteiger partial charge in [-0.25, -0.2) is 17.2 Å². The number of nitrogens with zero attached hydrogens (tertiary/aromatic N) is 1. The summed E-state index contributed by atoms with van der Waals surface area (Å²) in [6.07, 6.45) is 0. The minimum atomic E-state index is -3.75. The molecule has 0 atom stereocenters. The molecule has 9 heteroatoms. The molecule has 0 saturated carbocycles. The zero-order valence-corrected chi connectivity index (χ0v) is 15.4. The number of morpholine rings is 1. The van der Waals surface area contributed by atoms with Crippen LogP contribution in [0.25, 0.3) is 0 Å². The van der Waals surface area contributed by atoms with Gasteiger partial charge in [0.1, 0.15) is 11.6 Å². The standard InChI is InChI=1S/C18H18F2N2O4S/c1-12-2-3-16(21-18(23)13-8-14(19)10-15(20)9-13)11-17(12)27(24,25)22-4-6-26-7-5-22/h2-3,8-11H,4-7H2,1H3,(H,21,23). The van der Waals surface area contributed by atoms with Gasteiger partial charge in [-0.2, -0.15) is 4.31 Å². The lowest BCUT2D eigenvalue weighted by Gasteiger charge is -2.26. The van der Waals surface area contributed by atoms with Crippen LogP contribution in [0.1, 0.15) is 15.9 Å². The lowest BCUT2D eigenvalue weighted by Crippen LogP contribution is -2.40. The third-order valence-electron chi connectivity index (χ3n) is 4.16. The van der Waals surface area contributed by atoms with Gasteiger partial charge in [0.15, 0.2) is 0 Å². The molecule has 1 fully saturated rings. The van der Waals surface area contributed by atoms with Crippen LogP contribution in [0.3, 0.4) is 0 Å². The Morgan fingerprint density at radius 2 is 1.70 bits per heavy atom. The van der Waals surface area contributed by atoms with Crippen molar-refractivity contribution in [1.82, 2.24) is 4.31 Å². The second-order valence-electron chi connectivity index (χ2n) is 6.11. The highest BCUT2D eigenvalue weighted by atomic mass is 32.2. The number of anilines is 1. The van der Waals surface area contributed by atoms with E-state index in [0.29, 0.717) is 24.8 Å². The van der Waals surface area contributed by atoms with E-state index >= 15 is 0 Å². The number of amides is 1. The van der Waals surface area contributed by atoms with Crippen LogP contribution in [0.4, 0.5) is 14.5 Å². The quantitative estimate of drug-likeness (QED) is 0.862. The van der Waals surface area contributed by atoms with E-state index in [1.807, 2.05) is 0 Å². The Hall–Kier alpha value is -2.36. The van der Waals surface area contributed by atoms with Crippen LogP contribution in [0.15, 0.2) is 41.3 Å². The molecule has 1 aliphatic heterocycles. The molecular formula is C18H18F2N2O4S. The Labute approximate surface area is 155 Å². The fraction of sp³-hybridized carbons (Fsp3) is 0.278. The molecule has 2 aromatic carbocycles. The van der Waals surface area contributed by atoms with Gasteiger partial charge in [0.05, 0.1) is 18.1 Å². The minimum Gasteiger partial charge on any atom is -0.379 e. The number of rotatable bonds is 4. The van der Waals surface area contributed by atoms with E-state index in [1.54, 1.807) is 13.0 Å². The molecule has 1 heterocycles. The summed E-state index contributed by atoms with van der Waals surface area (Å²) >= 11 is 0. The maximum atomic E-state index is 13.3. The van der Waals surface area contributed by atoms with Crippen LogP contribution in [0.2, 0.25) is 0 Å². The molecule has 1 N–H and O–H groups in total. The topological polar surface area (TPSA) is 75.7 Å². The van der Waals surface area contributed by atoms with Gasteiger partial charge in [-0.3, -0.25) is 4.79 Å². The Morgan fingerprint density at radius 3 is 2.33 bits per heavy atom. The molecule has 2 aromatic rings. The first-order chi connectivity index (χ1) is 12.8. The second kappa shape index (κ2) is 7.71. The summed E-state index contributed by atoms with van der Waals surface area (Å²) in [5, 5.41) is 2.48. The third kappa shape index (κ3) is 4.32. The van der Waals surface area contributed by atoms with Crippen molar-refractivity contribution in [3.8, 4) is 0 Å². The summed E-state index contributed by atoms with van der Waals surface area (Å²) in [5.74, 6) is -2.49. The highest BCUT2D eigenvalue weighted by Gasteiger charge is 2.28. The first-order valence-corrected chi connectivity index (χ1v) is 9.67. The number of carbonyl (C=O) groups is 1. The van der Waals surface area contributed by atoms with Gasteiger partial charge in [0.2, 0.25) is 10.0 Å². The predicted octanol–water partition coefficient (Wildman–Crippen LogP) is 2.55. The molecule has 0 bridgehead atoms. The number of carbonyl (C=O) groups excluding carboxylic acids is 1. The number of sulfonamides is 1. The van der Waals surface area contributed by atoms with Crippen LogP contribution >= 0.6 is 0 Å². The Kier molecular flexibility index (Phi) is 5.54. The summed E-state index contributed by atoms with van der Waals surface area (Å²) in [6, 6.07) is 6.90. The smallest absolute Gasteiger partial charge is 0.255 e. The minimum absolute atomic E-state index is 0.0626. The van der Waals surface area contributed by atoms with Gasteiger partial charge >= 0.3 is 0 Å². The number of hydrogen-bond acceptors (Lipinski definition) is 4. The molecule has 1 amide bonds. The first-order valence-electron chi connectivity index (χ1n) is 8.23. The van der Waals surface area contributed by atoms with Crippen molar-refractivity contribution in [2.75, 3.05) is 31.6 Å². The van der Waals surface area contributed by atoms with Crippen molar-refractivity contribution < 1.29 is 26.7 Å². The maximum absolute atomic E-state index is 13.3. The molecule has 0 unspecified atom stereocenters. The van der Waals surface area contributed by atoms with Crippen molar-refractivity contribution >= 4 is 21.6 Å². The average molecular weight is 396 g/mol. The zero-order valence-electron chi connectivity index (χ0n) is 14.5. The summed E-state index contributed by atoms with van der Waals surface area (Å²) < 4.78 is 58.8. The largest absolute Gasteiger partial charge is 0.379 e. The molecule has 144 valence electrons. The summed E-state index contributed by atoms with van der Waals surface area (Å²) in [5.41, 5.74) is 0.532. The van der Waals surface area contributed by atoms with Crippen LogP contribution in [-0.4, -0.2) is 44.9 Å². The van der Waals surface area contributed by atoms with Gasteiger partial charge < -0.3 is 10.1 Å². The lowest BCUT2D eigenvalue weighted by atomic mass is 10.2. The number of ether oxygens (including phenoxy) is 1. The number of aryl methyl sites for hydroxylation is 1. The third-order valence-corrected chi connectivity index (χ3v) is 6.20. The zero-order chi connectivity index (χ0) is 19.6. The fourth-order valence-corrected chi connectivity index (χ4v) is 4.43. The van der Waals surface area contributed by atoms with E-state index in [2.05, 4.69) is 5.32 Å². The van der Waals surface area contributed by atoms with Crippen LogP contribution < -0.4 is 5.32 Å². The van der Waals surface area contributed by atoms with Crippen molar-refractivity contribution in [3.05, 3.63) is 59.2 Å². The Morgan fingerprint density at radius 1 is 1.07 bits per heavy atom. The van der Waals surface area contributed by atoms with E-state index in [4.69, 9.17) is 4.74 Å². The Bertz CT molecular complexity index is 953.